The molecule has 0 unspecified atom stereocenters. The van der Waals surface area contributed by atoms with E-state index in [0.717, 1.165) is 20.9 Å². The van der Waals surface area contributed by atoms with Crippen LogP contribution in [0.1, 0.15) is 18.0 Å². The summed E-state index contributed by atoms with van der Waals surface area (Å²) in [5.41, 5.74) is 12.5. The van der Waals surface area contributed by atoms with Gasteiger partial charge in [-0.25, -0.2) is 0 Å². The highest BCUT2D eigenvalue weighted by atomic mass is 79.9. The van der Waals surface area contributed by atoms with E-state index in [4.69, 9.17) is 11.5 Å². The van der Waals surface area contributed by atoms with Crippen molar-refractivity contribution in [3.05, 3.63) is 32.7 Å². The van der Waals surface area contributed by atoms with Crippen molar-refractivity contribution in [1.82, 2.24) is 0 Å². The lowest BCUT2D eigenvalue weighted by Gasteiger charge is -2.11. The lowest BCUT2D eigenvalue weighted by atomic mass is 10.1. The number of hydrogen-bond donors (Lipinski definition) is 2. The number of halogens is 3. The molecule has 1 aromatic carbocycles. The fourth-order valence-electron chi connectivity index (χ4n) is 1.09. The molecule has 2 nitrogen and oxygen atoms in total. The third-order valence-corrected chi connectivity index (χ3v) is 3.73. The van der Waals surface area contributed by atoms with Crippen molar-refractivity contribution in [3.8, 4) is 0 Å². The van der Waals surface area contributed by atoms with Gasteiger partial charge in [-0.05, 0) is 62.5 Å². The summed E-state index contributed by atoms with van der Waals surface area (Å²) in [5.74, 6) is 0. The van der Waals surface area contributed by atoms with Crippen LogP contribution in [0.25, 0.3) is 0 Å². The molecule has 0 aromatic heterocycles. The molecule has 1 atom stereocenters. The van der Waals surface area contributed by atoms with Crippen molar-refractivity contribution < 1.29 is 0 Å². The molecule has 0 heterocycles. The highest BCUT2D eigenvalue weighted by molar-refractivity contribution is 9.13. The highest BCUT2D eigenvalue weighted by Crippen LogP contribution is 2.26. The molecule has 0 amide bonds. The first kappa shape index (κ1) is 14.4. The fraction of sp³-hybridized carbons (Fsp3) is 0.333. The Kier molecular flexibility index (Phi) is 6.99. The average molecular weight is 344 g/mol. The molecule has 0 spiro atoms. The molecular formula is C9H13Br2ClN2. The van der Waals surface area contributed by atoms with Gasteiger partial charge in [0.25, 0.3) is 0 Å². The van der Waals surface area contributed by atoms with Gasteiger partial charge < -0.3 is 11.5 Å². The second-order valence-electron chi connectivity index (χ2n) is 2.86. The van der Waals surface area contributed by atoms with Crippen LogP contribution < -0.4 is 11.5 Å². The molecular weight excluding hydrogens is 331 g/mol. The van der Waals surface area contributed by atoms with Gasteiger partial charge in [0, 0.05) is 15.0 Å². The second kappa shape index (κ2) is 6.80. The molecule has 0 aliphatic rings. The van der Waals surface area contributed by atoms with Crippen LogP contribution in [0.5, 0.6) is 0 Å². The zero-order chi connectivity index (χ0) is 9.84. The largest absolute Gasteiger partial charge is 0.330 e. The molecule has 0 fully saturated rings. The van der Waals surface area contributed by atoms with Crippen LogP contribution in [-0.2, 0) is 0 Å². The van der Waals surface area contributed by atoms with Crippen molar-refractivity contribution >= 4 is 44.3 Å². The van der Waals surface area contributed by atoms with Crippen molar-refractivity contribution in [1.29, 1.82) is 0 Å². The molecule has 14 heavy (non-hydrogen) atoms. The molecule has 0 bridgehead atoms. The van der Waals surface area contributed by atoms with Gasteiger partial charge in [-0.1, -0.05) is 6.07 Å². The van der Waals surface area contributed by atoms with Gasteiger partial charge in [0.05, 0.1) is 0 Å². The Morgan fingerprint density at radius 3 is 2.36 bits per heavy atom. The van der Waals surface area contributed by atoms with Crippen molar-refractivity contribution in [2.45, 2.75) is 12.5 Å². The van der Waals surface area contributed by atoms with E-state index in [1.165, 1.54) is 0 Å². The minimum Gasteiger partial charge on any atom is -0.330 e. The maximum atomic E-state index is 5.91. The summed E-state index contributed by atoms with van der Waals surface area (Å²) in [7, 11) is 0. The summed E-state index contributed by atoms with van der Waals surface area (Å²) in [6.45, 7) is 0.620. The van der Waals surface area contributed by atoms with Crippen LogP contribution in [0.4, 0.5) is 0 Å². The molecule has 0 aliphatic heterocycles. The van der Waals surface area contributed by atoms with E-state index in [2.05, 4.69) is 31.9 Å². The summed E-state index contributed by atoms with van der Waals surface area (Å²) in [6, 6.07) is 6.05. The summed E-state index contributed by atoms with van der Waals surface area (Å²) >= 11 is 6.84. The quantitative estimate of drug-likeness (QED) is 0.886. The van der Waals surface area contributed by atoms with Crippen LogP contribution in [-0.4, -0.2) is 6.54 Å². The average Bonchev–Trinajstić information content (AvgIpc) is 2.10. The van der Waals surface area contributed by atoms with Crippen molar-refractivity contribution in [3.63, 3.8) is 0 Å². The minimum absolute atomic E-state index is 0. The molecule has 1 rings (SSSR count). The van der Waals surface area contributed by atoms with E-state index in [1.54, 1.807) is 0 Å². The summed E-state index contributed by atoms with van der Waals surface area (Å²) in [6.07, 6.45) is 0.814. The highest BCUT2D eigenvalue weighted by Gasteiger charge is 2.06. The lowest BCUT2D eigenvalue weighted by Crippen LogP contribution is -2.15. The van der Waals surface area contributed by atoms with Crippen LogP contribution in [0, 0.1) is 0 Å². The van der Waals surface area contributed by atoms with Crippen LogP contribution in [0.3, 0.4) is 0 Å². The SMILES string of the molecule is Cl.NCC[C@H](N)c1ccc(Br)c(Br)c1. The Morgan fingerprint density at radius 1 is 1.21 bits per heavy atom. The summed E-state index contributed by atoms with van der Waals surface area (Å²) < 4.78 is 2.06. The van der Waals surface area contributed by atoms with E-state index in [9.17, 15) is 0 Å². The van der Waals surface area contributed by atoms with Gasteiger partial charge >= 0.3 is 0 Å². The first-order valence-corrected chi connectivity index (χ1v) is 5.64. The molecule has 5 heteroatoms. The van der Waals surface area contributed by atoms with Crippen LogP contribution in [0.15, 0.2) is 27.1 Å². The smallest absolute Gasteiger partial charge is 0.0320 e. The van der Waals surface area contributed by atoms with E-state index < -0.39 is 0 Å². The molecule has 4 N–H and O–H groups in total. The molecule has 0 aliphatic carbocycles. The zero-order valence-corrected chi connectivity index (χ0v) is 11.5. The third-order valence-electron chi connectivity index (χ3n) is 1.85. The molecule has 80 valence electrons. The Labute approximate surface area is 107 Å². The minimum atomic E-state index is 0. The van der Waals surface area contributed by atoms with Crippen LogP contribution in [0.2, 0.25) is 0 Å². The predicted molar refractivity (Wildman–Crippen MR) is 69.7 cm³/mol. The summed E-state index contributed by atoms with van der Waals surface area (Å²) in [5, 5.41) is 0. The number of hydrogen-bond acceptors (Lipinski definition) is 2. The van der Waals surface area contributed by atoms with Gasteiger partial charge in [-0.2, -0.15) is 0 Å². The zero-order valence-electron chi connectivity index (χ0n) is 7.54. The second-order valence-corrected chi connectivity index (χ2v) is 4.57. The Hall–Kier alpha value is 0.390. The van der Waals surface area contributed by atoms with E-state index in [1.807, 2.05) is 18.2 Å². The standard InChI is InChI=1S/C9H12Br2N2.ClH/c10-7-2-1-6(5-8(7)11)9(13)3-4-12;/h1-2,5,9H,3-4,12-13H2;1H/t9-;/m0./s1. The van der Waals surface area contributed by atoms with Crippen molar-refractivity contribution in [2.24, 2.45) is 11.5 Å². The third kappa shape index (κ3) is 3.87. The first-order chi connectivity index (χ1) is 6.15. The van der Waals surface area contributed by atoms with E-state index in [-0.39, 0.29) is 18.4 Å². The predicted octanol–water partition coefficient (Wildman–Crippen LogP) is 2.98. The Morgan fingerprint density at radius 2 is 1.86 bits per heavy atom. The topological polar surface area (TPSA) is 52.0 Å². The lowest BCUT2D eigenvalue weighted by molar-refractivity contribution is 0.661. The van der Waals surface area contributed by atoms with Gasteiger partial charge in [-0.3, -0.25) is 0 Å². The molecule has 0 saturated heterocycles. The fourth-order valence-corrected chi connectivity index (χ4v) is 1.73. The van der Waals surface area contributed by atoms with Gasteiger partial charge in [-0.15, -0.1) is 12.4 Å². The monoisotopic (exact) mass is 342 g/mol. The van der Waals surface area contributed by atoms with Crippen molar-refractivity contribution in [2.75, 3.05) is 6.54 Å². The normalized spacial score (nSPS) is 12.0. The Bertz CT molecular complexity index is 294. The molecule has 0 radical (unpaired) electrons. The van der Waals surface area contributed by atoms with Gasteiger partial charge in [0.1, 0.15) is 0 Å². The maximum absolute atomic E-state index is 5.91. The maximum Gasteiger partial charge on any atom is 0.0320 e. The van der Waals surface area contributed by atoms with Gasteiger partial charge in [0.15, 0.2) is 0 Å². The molecule has 1 aromatic rings. The summed E-state index contributed by atoms with van der Waals surface area (Å²) in [4.78, 5) is 0. The Balaban J connectivity index is 0.00000169. The van der Waals surface area contributed by atoms with Gasteiger partial charge in [0.2, 0.25) is 0 Å². The molecule has 0 saturated carbocycles. The number of benzene rings is 1. The first-order valence-electron chi connectivity index (χ1n) is 4.05. The van der Waals surface area contributed by atoms with Crippen LogP contribution >= 0.6 is 44.3 Å². The number of nitrogens with two attached hydrogens (primary N) is 2. The van der Waals surface area contributed by atoms with E-state index in [0.29, 0.717) is 6.54 Å². The number of rotatable bonds is 3. The van der Waals surface area contributed by atoms with E-state index >= 15 is 0 Å².